The van der Waals surface area contributed by atoms with Crippen LogP contribution in [0.4, 0.5) is 0 Å². The number of nitrogens with two attached hydrogens (primary N) is 1. The van der Waals surface area contributed by atoms with Crippen molar-refractivity contribution in [3.8, 4) is 0 Å². The molecule has 0 aliphatic heterocycles. The Balaban J connectivity index is 1.88. The lowest BCUT2D eigenvalue weighted by Crippen LogP contribution is -2.23. The van der Waals surface area contributed by atoms with Crippen molar-refractivity contribution in [2.45, 2.75) is 25.9 Å². The second kappa shape index (κ2) is 7.32. The molecule has 1 atom stereocenters. The Morgan fingerprint density at radius 2 is 2.00 bits per heavy atom. The van der Waals surface area contributed by atoms with Gasteiger partial charge in [-0.25, -0.2) is 0 Å². The van der Waals surface area contributed by atoms with Crippen LogP contribution in [0.3, 0.4) is 0 Å². The number of rotatable bonds is 6. The summed E-state index contributed by atoms with van der Waals surface area (Å²) in [4.78, 5) is 2.18. The molecule has 2 rings (SSSR count). The van der Waals surface area contributed by atoms with Crippen LogP contribution in [0.1, 0.15) is 29.5 Å². The number of furan rings is 1. The van der Waals surface area contributed by atoms with Gasteiger partial charge in [0.15, 0.2) is 0 Å². The third-order valence-corrected chi connectivity index (χ3v) is 4.26. The maximum Gasteiger partial charge on any atom is 0.118 e. The number of nitrogens with zero attached hydrogens (tertiary/aromatic N) is 1. The summed E-state index contributed by atoms with van der Waals surface area (Å²) in [7, 11) is 2.05. The van der Waals surface area contributed by atoms with Crippen molar-refractivity contribution in [2.24, 2.45) is 5.73 Å². The van der Waals surface area contributed by atoms with Crippen molar-refractivity contribution < 1.29 is 4.42 Å². The summed E-state index contributed by atoms with van der Waals surface area (Å²) in [6.45, 7) is 3.56. The van der Waals surface area contributed by atoms with E-state index in [9.17, 15) is 0 Å². The molecule has 0 bridgehead atoms. The SMILES string of the molecule is Cc1ccc(CN(C)CCC(N)c2cccc(Cl)c2Cl)o1. The van der Waals surface area contributed by atoms with E-state index in [0.29, 0.717) is 10.0 Å². The zero-order valence-corrected chi connectivity index (χ0v) is 13.8. The van der Waals surface area contributed by atoms with Gasteiger partial charge in [-0.1, -0.05) is 35.3 Å². The Labute approximate surface area is 135 Å². The molecule has 1 aromatic carbocycles. The maximum atomic E-state index is 6.22. The quantitative estimate of drug-likeness (QED) is 0.854. The van der Waals surface area contributed by atoms with E-state index in [-0.39, 0.29) is 6.04 Å². The van der Waals surface area contributed by atoms with Gasteiger partial charge in [0.2, 0.25) is 0 Å². The van der Waals surface area contributed by atoms with Gasteiger partial charge >= 0.3 is 0 Å². The molecule has 2 aromatic rings. The summed E-state index contributed by atoms with van der Waals surface area (Å²) in [5.41, 5.74) is 7.11. The van der Waals surface area contributed by atoms with Crippen LogP contribution in [-0.2, 0) is 6.54 Å². The summed E-state index contributed by atoms with van der Waals surface area (Å²) < 4.78 is 5.57. The highest BCUT2D eigenvalue weighted by atomic mass is 35.5. The Morgan fingerprint density at radius 1 is 1.24 bits per heavy atom. The van der Waals surface area contributed by atoms with E-state index >= 15 is 0 Å². The van der Waals surface area contributed by atoms with Crippen LogP contribution < -0.4 is 5.73 Å². The van der Waals surface area contributed by atoms with Gasteiger partial charge in [-0.05, 0) is 44.2 Å². The molecular formula is C16H20Cl2N2O. The van der Waals surface area contributed by atoms with E-state index < -0.39 is 0 Å². The molecule has 1 unspecified atom stereocenters. The van der Waals surface area contributed by atoms with Crippen molar-refractivity contribution in [1.29, 1.82) is 0 Å². The van der Waals surface area contributed by atoms with Gasteiger partial charge < -0.3 is 10.2 Å². The average molecular weight is 327 g/mol. The third-order valence-electron chi connectivity index (χ3n) is 3.42. The molecule has 0 saturated carbocycles. The van der Waals surface area contributed by atoms with Crippen molar-refractivity contribution >= 4 is 23.2 Å². The molecule has 0 spiro atoms. The molecular weight excluding hydrogens is 307 g/mol. The zero-order chi connectivity index (χ0) is 15.4. The largest absolute Gasteiger partial charge is 0.465 e. The molecule has 0 aliphatic carbocycles. The van der Waals surface area contributed by atoms with E-state index in [4.69, 9.17) is 33.4 Å². The van der Waals surface area contributed by atoms with Crippen LogP contribution in [0.15, 0.2) is 34.7 Å². The molecule has 21 heavy (non-hydrogen) atoms. The van der Waals surface area contributed by atoms with Crippen LogP contribution in [0, 0.1) is 6.92 Å². The van der Waals surface area contributed by atoms with Gasteiger partial charge in [0.05, 0.1) is 16.6 Å². The monoisotopic (exact) mass is 326 g/mol. The molecule has 3 nitrogen and oxygen atoms in total. The fourth-order valence-corrected chi connectivity index (χ4v) is 2.68. The first-order chi connectivity index (χ1) is 9.97. The third kappa shape index (κ3) is 4.48. The van der Waals surface area contributed by atoms with Gasteiger partial charge in [0.1, 0.15) is 11.5 Å². The van der Waals surface area contributed by atoms with Crippen molar-refractivity contribution in [3.63, 3.8) is 0 Å². The first-order valence-corrected chi connectivity index (χ1v) is 7.66. The van der Waals surface area contributed by atoms with Crippen LogP contribution in [0.2, 0.25) is 10.0 Å². The molecule has 0 radical (unpaired) electrons. The van der Waals surface area contributed by atoms with Crippen LogP contribution in [-0.4, -0.2) is 18.5 Å². The molecule has 0 fully saturated rings. The Morgan fingerprint density at radius 3 is 2.67 bits per heavy atom. The molecule has 1 heterocycles. The number of halogens is 2. The summed E-state index contributed by atoms with van der Waals surface area (Å²) in [6, 6.07) is 9.41. The summed E-state index contributed by atoms with van der Waals surface area (Å²) in [5.74, 6) is 1.89. The van der Waals surface area contributed by atoms with Crippen molar-refractivity contribution in [1.82, 2.24) is 4.90 Å². The zero-order valence-electron chi connectivity index (χ0n) is 12.3. The molecule has 0 aliphatic rings. The van der Waals surface area contributed by atoms with E-state index in [1.54, 1.807) is 6.07 Å². The minimum Gasteiger partial charge on any atom is -0.465 e. The minimum atomic E-state index is -0.128. The van der Waals surface area contributed by atoms with E-state index in [0.717, 1.165) is 36.6 Å². The van der Waals surface area contributed by atoms with E-state index in [1.807, 2.05) is 38.2 Å². The van der Waals surface area contributed by atoms with E-state index in [2.05, 4.69) is 4.90 Å². The standard InChI is InChI=1S/C16H20Cl2N2O/c1-11-6-7-12(21-11)10-20(2)9-8-15(19)13-4-3-5-14(17)16(13)18/h3-7,15H,8-10,19H2,1-2H3. The smallest absolute Gasteiger partial charge is 0.118 e. The number of hydrogen-bond acceptors (Lipinski definition) is 3. The molecule has 0 saturated heterocycles. The second-order valence-corrected chi connectivity index (χ2v) is 6.07. The molecule has 0 amide bonds. The maximum absolute atomic E-state index is 6.22. The highest BCUT2D eigenvalue weighted by molar-refractivity contribution is 6.42. The number of benzene rings is 1. The lowest BCUT2D eigenvalue weighted by atomic mass is 10.0. The Kier molecular flexibility index (Phi) is 5.71. The normalized spacial score (nSPS) is 12.9. The summed E-state index contributed by atoms with van der Waals surface area (Å²) in [6.07, 6.45) is 0.802. The fourth-order valence-electron chi connectivity index (χ4n) is 2.24. The van der Waals surface area contributed by atoms with Crippen LogP contribution >= 0.6 is 23.2 Å². The van der Waals surface area contributed by atoms with Gasteiger partial charge in [-0.2, -0.15) is 0 Å². The minimum absolute atomic E-state index is 0.128. The number of aryl methyl sites for hydroxylation is 1. The highest BCUT2D eigenvalue weighted by Gasteiger charge is 2.13. The molecule has 5 heteroatoms. The Bertz CT molecular complexity index is 598. The lowest BCUT2D eigenvalue weighted by Gasteiger charge is -2.19. The number of hydrogen-bond donors (Lipinski definition) is 1. The van der Waals surface area contributed by atoms with Gasteiger partial charge in [-0.15, -0.1) is 0 Å². The predicted octanol–water partition coefficient (Wildman–Crippen LogP) is 4.42. The molecule has 1 aromatic heterocycles. The van der Waals surface area contributed by atoms with Gasteiger partial charge in [-0.3, -0.25) is 4.90 Å². The lowest BCUT2D eigenvalue weighted by molar-refractivity contribution is 0.281. The van der Waals surface area contributed by atoms with Gasteiger partial charge in [0, 0.05) is 12.6 Å². The predicted molar refractivity (Wildman–Crippen MR) is 87.8 cm³/mol. The first-order valence-electron chi connectivity index (χ1n) is 6.90. The highest BCUT2D eigenvalue weighted by Crippen LogP contribution is 2.30. The molecule has 114 valence electrons. The van der Waals surface area contributed by atoms with Crippen molar-refractivity contribution in [2.75, 3.05) is 13.6 Å². The fraction of sp³-hybridized carbons (Fsp3) is 0.375. The van der Waals surface area contributed by atoms with E-state index in [1.165, 1.54) is 0 Å². The van der Waals surface area contributed by atoms with Crippen molar-refractivity contribution in [3.05, 3.63) is 57.5 Å². The first kappa shape index (κ1) is 16.4. The van der Waals surface area contributed by atoms with Crippen LogP contribution in [0.5, 0.6) is 0 Å². The summed E-state index contributed by atoms with van der Waals surface area (Å²) >= 11 is 12.2. The van der Waals surface area contributed by atoms with Gasteiger partial charge in [0.25, 0.3) is 0 Å². The average Bonchev–Trinajstić information content (AvgIpc) is 2.84. The topological polar surface area (TPSA) is 42.4 Å². The van der Waals surface area contributed by atoms with Crippen LogP contribution in [0.25, 0.3) is 0 Å². The second-order valence-electron chi connectivity index (χ2n) is 5.29. The Hall–Kier alpha value is -1.000. The molecule has 2 N–H and O–H groups in total. The summed E-state index contributed by atoms with van der Waals surface area (Å²) in [5, 5.41) is 1.10.